The molecule has 0 atom stereocenters. The molecule has 0 spiro atoms. The third kappa shape index (κ3) is 8.78. The maximum Gasteiger partial charge on any atom is 0.296 e. The van der Waals surface area contributed by atoms with Gasteiger partial charge in [-0.3, -0.25) is 14.7 Å². The monoisotopic (exact) mass is 832 g/mol. The zero-order chi connectivity index (χ0) is 42.7. The lowest BCUT2D eigenvalue weighted by molar-refractivity contribution is -0.384. The number of hydrogen-bond donors (Lipinski definition) is 2. The lowest BCUT2D eigenvalue weighted by atomic mass is 9.90. The van der Waals surface area contributed by atoms with E-state index in [2.05, 4.69) is 34.1 Å². The van der Waals surface area contributed by atoms with E-state index in [1.54, 1.807) is 30.6 Å². The molecule has 314 valence electrons. The summed E-state index contributed by atoms with van der Waals surface area (Å²) >= 11 is 0. The van der Waals surface area contributed by atoms with Gasteiger partial charge < -0.3 is 34.1 Å². The Bertz CT molecular complexity index is 2900. The molecule has 62 heavy (non-hydrogen) atoms. The van der Waals surface area contributed by atoms with Gasteiger partial charge in [-0.15, -0.1) is 0 Å². The van der Waals surface area contributed by atoms with Crippen molar-refractivity contribution >= 4 is 50.0 Å². The predicted octanol–water partition coefficient (Wildman–Crippen LogP) is 9.58. The zero-order valence-corrected chi connectivity index (χ0v) is 34.2. The van der Waals surface area contributed by atoms with Gasteiger partial charge in [0.05, 0.1) is 61.7 Å². The Morgan fingerprint density at radius 1 is 0.742 bits per heavy atom. The number of fused-ring (bicyclic) bond motifs is 3. The summed E-state index contributed by atoms with van der Waals surface area (Å²) < 4.78 is 30.2. The normalized spacial score (nSPS) is 14.9. The number of nitro benzene ring substituents is 1. The van der Waals surface area contributed by atoms with Crippen LogP contribution in [0.3, 0.4) is 0 Å². The highest BCUT2D eigenvalue weighted by Crippen LogP contribution is 2.35. The molecule has 2 aliphatic heterocycles. The summed E-state index contributed by atoms with van der Waals surface area (Å²) in [4.78, 5) is 25.1. The number of nitrogens with zero attached hydrogens (tertiary/aromatic N) is 5. The van der Waals surface area contributed by atoms with Gasteiger partial charge in [-0.05, 0) is 66.2 Å². The maximum atomic E-state index is 11.8. The first-order chi connectivity index (χ1) is 30.1. The summed E-state index contributed by atoms with van der Waals surface area (Å²) in [6.45, 7) is 8.43. The molecule has 0 unspecified atom stereocenters. The van der Waals surface area contributed by atoms with Crippen LogP contribution < -0.4 is 19.5 Å². The number of nitrogens with one attached hydrogen (secondary N) is 1. The van der Waals surface area contributed by atoms with Crippen molar-refractivity contribution < 1.29 is 33.7 Å². The molecule has 5 heterocycles. The van der Waals surface area contributed by atoms with Crippen molar-refractivity contribution in [2.45, 2.75) is 20.5 Å². The highest BCUT2D eigenvalue weighted by molar-refractivity contribution is 5.87. The van der Waals surface area contributed by atoms with Crippen LogP contribution in [0.2, 0.25) is 0 Å². The first-order valence-corrected chi connectivity index (χ1v) is 20.2. The Balaban J connectivity index is 0.000000163. The van der Waals surface area contributed by atoms with Crippen LogP contribution in [0.4, 0.5) is 17.2 Å². The van der Waals surface area contributed by atoms with Crippen molar-refractivity contribution in [3.63, 3.8) is 0 Å². The van der Waals surface area contributed by atoms with E-state index < -0.39 is 4.92 Å². The van der Waals surface area contributed by atoms with E-state index in [1.165, 1.54) is 6.07 Å². The highest BCUT2D eigenvalue weighted by atomic mass is 16.6. The number of pyridine rings is 2. The highest BCUT2D eigenvalue weighted by Gasteiger charge is 2.35. The number of rotatable bonds is 13. The summed E-state index contributed by atoms with van der Waals surface area (Å²) in [6, 6.07) is 39.2. The largest absolute Gasteiger partial charge is 0.506 e. The van der Waals surface area contributed by atoms with E-state index in [0.717, 1.165) is 46.3 Å². The van der Waals surface area contributed by atoms with Crippen LogP contribution in [-0.2, 0) is 16.1 Å². The fraction of sp³-hybridized carbons (Fsp3) is 0.229. The number of anilines is 2. The Morgan fingerprint density at radius 2 is 1.42 bits per heavy atom. The van der Waals surface area contributed by atoms with E-state index in [4.69, 9.17) is 23.7 Å². The van der Waals surface area contributed by atoms with Gasteiger partial charge in [-0.2, -0.15) is 0 Å². The Morgan fingerprint density at radius 3 is 2.13 bits per heavy atom. The molecule has 2 fully saturated rings. The van der Waals surface area contributed by atoms with E-state index in [0.29, 0.717) is 72.9 Å². The molecular weight excluding hydrogens is 789 g/mol. The van der Waals surface area contributed by atoms with Crippen LogP contribution in [-0.4, -0.2) is 69.2 Å². The van der Waals surface area contributed by atoms with E-state index in [-0.39, 0.29) is 22.3 Å². The molecule has 0 radical (unpaired) electrons. The van der Waals surface area contributed by atoms with Gasteiger partial charge in [0, 0.05) is 27.7 Å². The fourth-order valence-corrected chi connectivity index (χ4v) is 7.14. The zero-order valence-electron chi connectivity index (χ0n) is 34.2. The molecule has 3 aromatic heterocycles. The number of imidazole rings is 1. The Hall–Kier alpha value is -7.29. The lowest BCUT2D eigenvalue weighted by Gasteiger charge is -2.37. The van der Waals surface area contributed by atoms with E-state index >= 15 is 0 Å². The first-order valence-electron chi connectivity index (χ1n) is 20.2. The van der Waals surface area contributed by atoms with Crippen LogP contribution in [0.1, 0.15) is 19.4 Å². The SMILES string of the molecule is CC1(COc2ccc(Nc3ccc4cccc(OCc5ccccc5)c4n3)c([N+](=O)[O-])c2)COC1.CC1(COc2ccc3c(c2)ncn3-c2ccc3cccc(O)c3n2)COC1. The minimum Gasteiger partial charge on any atom is -0.506 e. The smallest absolute Gasteiger partial charge is 0.296 e. The lowest BCUT2D eigenvalue weighted by Crippen LogP contribution is -2.44. The molecule has 0 bridgehead atoms. The van der Waals surface area contributed by atoms with Crippen molar-refractivity contribution in [2.75, 3.05) is 45.0 Å². The number of benzene rings is 5. The molecule has 14 heteroatoms. The second-order valence-electron chi connectivity index (χ2n) is 16.3. The molecule has 0 amide bonds. The average Bonchev–Trinajstić information content (AvgIpc) is 3.70. The topological polar surface area (TPSA) is 165 Å². The third-order valence-electron chi connectivity index (χ3n) is 10.8. The third-order valence-corrected chi connectivity index (χ3v) is 10.8. The number of ether oxygens (including phenoxy) is 5. The van der Waals surface area contributed by atoms with Gasteiger partial charge in [-0.1, -0.05) is 68.4 Å². The molecule has 2 saturated heterocycles. The number of aromatic nitrogens is 4. The van der Waals surface area contributed by atoms with Crippen LogP contribution in [0.5, 0.6) is 23.0 Å². The summed E-state index contributed by atoms with van der Waals surface area (Å²) in [7, 11) is 0. The van der Waals surface area contributed by atoms with E-state index in [9.17, 15) is 15.2 Å². The number of hydrogen-bond acceptors (Lipinski definition) is 12. The number of phenols is 1. The molecule has 2 aliphatic rings. The number of phenolic OH excluding ortho intramolecular Hbond substituents is 1. The van der Waals surface area contributed by atoms with Gasteiger partial charge in [0.2, 0.25) is 0 Å². The summed E-state index contributed by atoms with van der Waals surface area (Å²) in [5.41, 5.74) is 4.36. The van der Waals surface area contributed by atoms with Crippen LogP contribution in [0.25, 0.3) is 38.7 Å². The van der Waals surface area contributed by atoms with Crippen molar-refractivity contribution in [2.24, 2.45) is 10.8 Å². The van der Waals surface area contributed by atoms with Crippen LogP contribution >= 0.6 is 0 Å². The second kappa shape index (κ2) is 17.0. The molecule has 10 rings (SSSR count). The summed E-state index contributed by atoms with van der Waals surface area (Å²) in [5, 5.41) is 26.7. The molecular formula is C48H44N6O8. The van der Waals surface area contributed by atoms with Crippen molar-refractivity contribution in [3.8, 4) is 28.8 Å². The number of nitro groups is 1. The molecule has 5 aromatic carbocycles. The Labute approximate surface area is 356 Å². The fourth-order valence-electron chi connectivity index (χ4n) is 7.14. The van der Waals surface area contributed by atoms with Gasteiger partial charge in [-0.25, -0.2) is 15.0 Å². The molecule has 2 N–H and O–H groups in total. The standard InChI is InChI=1S/C27H25N3O5.C21H19N3O3/c1-27(16-33-17-27)18-35-21-11-12-22(23(14-21)30(31)32)28-25-13-10-20-8-5-9-24(26(20)29-25)34-15-19-6-3-2-4-7-19;1-21(10-26-11-21)12-27-15-6-7-17-16(9-15)22-13-24(17)19-8-5-14-3-2-4-18(25)20(14)23-19/h2-14H,15-18H2,1H3,(H,28,29);2-9,13,25H,10-12H2,1H3. The van der Waals surface area contributed by atoms with Gasteiger partial charge in [0.15, 0.2) is 0 Å². The molecule has 0 saturated carbocycles. The quantitative estimate of drug-likeness (QED) is 0.0836. The van der Waals surface area contributed by atoms with Crippen molar-refractivity contribution in [3.05, 3.63) is 149 Å². The summed E-state index contributed by atoms with van der Waals surface area (Å²) in [6.07, 6.45) is 1.74. The van der Waals surface area contributed by atoms with Gasteiger partial charge in [0.1, 0.15) is 64.3 Å². The second-order valence-corrected chi connectivity index (χ2v) is 16.3. The first kappa shape index (κ1) is 40.1. The number of aromatic hydroxyl groups is 1. The minimum absolute atomic E-state index is 0.0546. The minimum atomic E-state index is -0.432. The molecule has 8 aromatic rings. The molecule has 0 aliphatic carbocycles. The van der Waals surface area contributed by atoms with Crippen LogP contribution in [0.15, 0.2) is 134 Å². The number of para-hydroxylation sites is 2. The molecule has 14 nitrogen and oxygen atoms in total. The Kier molecular flexibility index (Phi) is 11.0. The predicted molar refractivity (Wildman–Crippen MR) is 236 cm³/mol. The maximum absolute atomic E-state index is 11.8. The van der Waals surface area contributed by atoms with Gasteiger partial charge in [0.25, 0.3) is 5.69 Å². The van der Waals surface area contributed by atoms with Crippen molar-refractivity contribution in [1.82, 2.24) is 19.5 Å². The summed E-state index contributed by atoms with van der Waals surface area (Å²) in [5.74, 6) is 3.23. The van der Waals surface area contributed by atoms with Crippen LogP contribution in [0, 0.1) is 20.9 Å². The van der Waals surface area contributed by atoms with Gasteiger partial charge >= 0.3 is 0 Å². The van der Waals surface area contributed by atoms with Crippen molar-refractivity contribution in [1.29, 1.82) is 0 Å². The average molecular weight is 833 g/mol. The van der Waals surface area contributed by atoms with E-state index in [1.807, 2.05) is 102 Å².